The molecule has 4 heterocycles. The van der Waals surface area contributed by atoms with Gasteiger partial charge in [-0.3, -0.25) is 24.2 Å². The van der Waals surface area contributed by atoms with E-state index in [9.17, 15) is 24.3 Å². The molecule has 0 unspecified atom stereocenters. The molecule has 3 aromatic rings. The lowest BCUT2D eigenvalue weighted by Gasteiger charge is -2.16. The maximum Gasteiger partial charge on any atom is 0.348 e. The number of nitrogens with one attached hydrogen (secondary N) is 1. The highest BCUT2D eigenvalue weighted by molar-refractivity contribution is 8.14. The van der Waals surface area contributed by atoms with E-state index in [1.165, 1.54) is 26.8 Å². The molecular weight excluding hydrogens is 510 g/mol. The summed E-state index contributed by atoms with van der Waals surface area (Å²) in [4.78, 5) is 59.8. The van der Waals surface area contributed by atoms with E-state index in [1.54, 1.807) is 17.8 Å². The van der Waals surface area contributed by atoms with Crippen LogP contribution in [0.2, 0.25) is 0 Å². The van der Waals surface area contributed by atoms with Crippen molar-refractivity contribution in [2.75, 3.05) is 6.54 Å². The number of carboxylic acids is 1. The lowest BCUT2D eigenvalue weighted by atomic mass is 10.0. The van der Waals surface area contributed by atoms with E-state index in [4.69, 9.17) is 5.11 Å². The normalized spacial score (nSPS) is 13.8. The van der Waals surface area contributed by atoms with Crippen molar-refractivity contribution in [1.82, 2.24) is 24.8 Å². The average molecular weight is 532 g/mol. The zero-order chi connectivity index (χ0) is 26.8. The maximum absolute atomic E-state index is 13.6. The summed E-state index contributed by atoms with van der Waals surface area (Å²) < 4.78 is 1.35. The molecule has 191 valence electrons. The standard InChI is InChI=1S/C26H21N5O6S/c32-21(33)9-28-24(35)22-23(34)18-11-30(25(36)19-13-38-14-29-19)12-20(18)31(26(22)37)10-15-2-1-3-17(8-15)16-4-6-27-7-5-16/h1-8,13-14,34H,9-12H2,(H,28,35)(H,32,33)/q+1. The molecule has 5 rings (SSSR count). The topological polar surface area (TPSA) is 156 Å². The van der Waals surface area contributed by atoms with Gasteiger partial charge in [0.25, 0.3) is 17.0 Å². The van der Waals surface area contributed by atoms with Gasteiger partial charge in [-0.05, 0) is 46.7 Å². The smallest absolute Gasteiger partial charge is 0.348 e. The summed E-state index contributed by atoms with van der Waals surface area (Å²) in [7, 11) is 0. The SMILES string of the molecule is O=C(O)CNC(=O)c1c(O)c2c(n(Cc3cccc(-c4ccncc4)c3)c1=O)CN(C(=O)C1=CSC=[N+]1)C2. The van der Waals surface area contributed by atoms with Crippen molar-refractivity contribution in [2.45, 2.75) is 19.6 Å². The van der Waals surface area contributed by atoms with Crippen molar-refractivity contribution in [1.29, 1.82) is 0 Å². The number of aliphatic carboxylic acids is 1. The molecule has 2 aliphatic heterocycles. The molecule has 0 spiro atoms. The van der Waals surface area contributed by atoms with Crippen molar-refractivity contribution in [2.24, 2.45) is 0 Å². The number of pyridine rings is 2. The fourth-order valence-electron chi connectivity index (χ4n) is 4.40. The van der Waals surface area contributed by atoms with Gasteiger partial charge in [-0.25, -0.2) is 0 Å². The number of carbonyl (C=O) groups excluding carboxylic acids is 2. The van der Waals surface area contributed by atoms with Crippen molar-refractivity contribution in [3.8, 4) is 16.9 Å². The molecule has 2 amide bonds. The Labute approximate surface area is 220 Å². The first-order valence-electron chi connectivity index (χ1n) is 11.5. The molecule has 38 heavy (non-hydrogen) atoms. The zero-order valence-corrected chi connectivity index (χ0v) is 20.6. The second-order valence-corrected chi connectivity index (χ2v) is 9.31. The molecule has 0 bridgehead atoms. The van der Waals surface area contributed by atoms with Crippen LogP contribution >= 0.6 is 11.8 Å². The van der Waals surface area contributed by atoms with Gasteiger partial charge in [0.1, 0.15) is 17.9 Å². The van der Waals surface area contributed by atoms with Gasteiger partial charge in [-0.2, -0.15) is 0 Å². The van der Waals surface area contributed by atoms with Crippen LogP contribution in [-0.2, 0) is 29.2 Å². The third kappa shape index (κ3) is 4.81. The minimum Gasteiger partial charge on any atom is -0.506 e. The first kappa shape index (κ1) is 25.0. The quantitative estimate of drug-likeness (QED) is 0.412. The highest BCUT2D eigenvalue weighted by Gasteiger charge is 2.37. The summed E-state index contributed by atoms with van der Waals surface area (Å²) in [6.45, 7) is -0.695. The predicted molar refractivity (Wildman–Crippen MR) is 139 cm³/mol. The van der Waals surface area contributed by atoms with Crippen LogP contribution < -0.4 is 15.9 Å². The predicted octanol–water partition coefficient (Wildman–Crippen LogP) is 1.27. The molecule has 0 fully saturated rings. The molecule has 0 saturated carbocycles. The molecule has 1 radical (unpaired) electrons. The minimum absolute atomic E-state index is 0.0234. The highest BCUT2D eigenvalue weighted by Crippen LogP contribution is 2.33. The van der Waals surface area contributed by atoms with E-state index in [1.807, 2.05) is 36.4 Å². The average Bonchev–Trinajstić information content (AvgIpc) is 3.61. The van der Waals surface area contributed by atoms with Crippen LogP contribution in [-0.4, -0.2) is 54.5 Å². The Morgan fingerprint density at radius 2 is 1.89 bits per heavy atom. The fourth-order valence-corrected chi connectivity index (χ4v) is 4.93. The number of carboxylic acid groups (broad SMARTS) is 1. The maximum atomic E-state index is 13.6. The Bertz CT molecular complexity index is 1580. The number of nitrogens with zero attached hydrogens (tertiary/aromatic N) is 4. The number of amides is 2. The number of carbonyl (C=O) groups is 3. The van der Waals surface area contributed by atoms with Gasteiger partial charge >= 0.3 is 17.6 Å². The Balaban J connectivity index is 1.57. The number of aromatic hydroxyl groups is 1. The van der Waals surface area contributed by atoms with Crippen molar-refractivity contribution in [3.63, 3.8) is 0 Å². The van der Waals surface area contributed by atoms with Gasteiger partial charge in [0, 0.05) is 23.7 Å². The van der Waals surface area contributed by atoms with Gasteiger partial charge in [0.15, 0.2) is 0 Å². The van der Waals surface area contributed by atoms with Crippen molar-refractivity contribution < 1.29 is 24.6 Å². The molecule has 3 N–H and O–H groups in total. The molecule has 2 aliphatic rings. The Hall–Kier alpha value is -4.71. The number of rotatable bonds is 7. The summed E-state index contributed by atoms with van der Waals surface area (Å²) >= 11 is 1.27. The first-order valence-corrected chi connectivity index (χ1v) is 12.4. The first-order chi connectivity index (χ1) is 18.3. The van der Waals surface area contributed by atoms with E-state index < -0.39 is 35.3 Å². The molecular formula is C26H21N5O6S+. The minimum atomic E-state index is -1.30. The molecule has 1 aromatic carbocycles. The number of benzene rings is 1. The van der Waals surface area contributed by atoms with Crippen molar-refractivity contribution >= 4 is 35.1 Å². The molecule has 2 aromatic heterocycles. The molecule has 11 nitrogen and oxygen atoms in total. The third-order valence-electron chi connectivity index (χ3n) is 6.19. The van der Waals surface area contributed by atoms with Crippen LogP contribution in [0.25, 0.3) is 11.1 Å². The van der Waals surface area contributed by atoms with E-state index in [-0.39, 0.29) is 36.8 Å². The van der Waals surface area contributed by atoms with Crippen molar-refractivity contribution in [3.05, 3.63) is 92.6 Å². The Morgan fingerprint density at radius 3 is 2.61 bits per heavy atom. The second-order valence-electron chi connectivity index (χ2n) is 8.59. The summed E-state index contributed by atoms with van der Waals surface area (Å²) in [5, 5.41) is 23.7. The molecule has 0 aliphatic carbocycles. The lowest BCUT2D eigenvalue weighted by molar-refractivity contribution is -0.135. The van der Waals surface area contributed by atoms with Gasteiger partial charge < -0.3 is 25.0 Å². The van der Waals surface area contributed by atoms with E-state index >= 15 is 0 Å². The van der Waals surface area contributed by atoms with E-state index in [0.29, 0.717) is 5.69 Å². The molecule has 0 atom stereocenters. The molecule has 0 saturated heterocycles. The van der Waals surface area contributed by atoms with Gasteiger partial charge in [-0.15, -0.1) is 0 Å². The van der Waals surface area contributed by atoms with Gasteiger partial charge in [0.2, 0.25) is 0 Å². The van der Waals surface area contributed by atoms with Gasteiger partial charge in [0.05, 0.1) is 30.0 Å². The number of fused-ring (bicyclic) bond motifs is 1. The molecule has 12 heteroatoms. The van der Waals surface area contributed by atoms with Crippen LogP contribution in [0.1, 0.15) is 27.2 Å². The number of hydrogen-bond acceptors (Lipinski definition) is 8. The summed E-state index contributed by atoms with van der Waals surface area (Å²) in [5.74, 6) is -3.26. The zero-order valence-electron chi connectivity index (χ0n) is 19.8. The van der Waals surface area contributed by atoms with Crippen LogP contribution in [0.15, 0.2) is 64.7 Å². The lowest BCUT2D eigenvalue weighted by Crippen LogP contribution is -2.37. The third-order valence-corrected chi connectivity index (χ3v) is 6.78. The summed E-state index contributed by atoms with van der Waals surface area (Å²) in [6.07, 6.45) is 3.35. The van der Waals surface area contributed by atoms with Crippen LogP contribution in [0.5, 0.6) is 5.75 Å². The monoisotopic (exact) mass is 531 g/mol. The van der Waals surface area contributed by atoms with E-state index in [0.717, 1.165) is 16.7 Å². The largest absolute Gasteiger partial charge is 0.506 e. The van der Waals surface area contributed by atoms with Crippen LogP contribution in [0.3, 0.4) is 0 Å². The number of aromatic nitrogens is 2. The summed E-state index contributed by atoms with van der Waals surface area (Å²) in [5.41, 5.74) is 3.62. The van der Waals surface area contributed by atoms with Crippen LogP contribution in [0, 0.1) is 0 Å². The fraction of sp³-hybridized carbons (Fsp3) is 0.154. The number of thioether (sulfide) groups is 1. The number of hydrogen-bond donors (Lipinski definition) is 3. The Kier molecular flexibility index (Phi) is 6.79. The highest BCUT2D eigenvalue weighted by atomic mass is 32.2. The summed E-state index contributed by atoms with van der Waals surface area (Å²) in [6, 6.07) is 11.2. The van der Waals surface area contributed by atoms with Gasteiger partial charge in [-0.1, -0.05) is 18.2 Å². The van der Waals surface area contributed by atoms with Crippen LogP contribution in [0.4, 0.5) is 0 Å². The Morgan fingerprint density at radius 1 is 1.11 bits per heavy atom. The second kappa shape index (κ2) is 10.3. The number of aliphatic imine (C=N–C) groups is 1. The van der Waals surface area contributed by atoms with E-state index in [2.05, 4.69) is 15.3 Å².